The van der Waals surface area contributed by atoms with E-state index in [1.807, 2.05) is 22.6 Å². The lowest BCUT2D eigenvalue weighted by atomic mass is 10.2. The smallest absolute Gasteiger partial charge is 0.268 e. The molecule has 0 unspecified atom stereocenters. The zero-order chi connectivity index (χ0) is 12.4. The fourth-order valence-corrected chi connectivity index (χ4v) is 1.92. The third kappa shape index (κ3) is 2.84. The third-order valence-corrected chi connectivity index (χ3v) is 3.78. The highest BCUT2D eigenvalue weighted by Crippen LogP contribution is 2.10. The van der Waals surface area contributed by atoms with E-state index in [-0.39, 0.29) is 16.5 Å². The lowest BCUT2D eigenvalue weighted by Crippen LogP contribution is -2.23. The number of hydrogen-bond donors (Lipinski definition) is 0. The summed E-state index contributed by atoms with van der Waals surface area (Å²) in [6.07, 6.45) is 1.39. The first-order valence-electron chi connectivity index (χ1n) is 4.73. The maximum Gasteiger partial charge on any atom is 0.268 e. The molecular formula is C11H7ClFIN2O. The number of rotatable bonds is 2. The second-order valence-corrected chi connectivity index (χ2v) is 4.85. The monoisotopic (exact) mass is 364 g/mol. The second-order valence-electron chi connectivity index (χ2n) is 3.41. The van der Waals surface area contributed by atoms with Gasteiger partial charge in [0.1, 0.15) is 14.5 Å². The maximum atomic E-state index is 12.7. The first-order chi connectivity index (χ1) is 8.08. The molecular weight excluding hydrogens is 357 g/mol. The molecule has 0 aliphatic rings. The maximum absolute atomic E-state index is 12.7. The third-order valence-electron chi connectivity index (χ3n) is 2.21. The van der Waals surface area contributed by atoms with Gasteiger partial charge >= 0.3 is 0 Å². The largest absolute Gasteiger partial charge is 0.294 e. The van der Waals surface area contributed by atoms with Crippen LogP contribution >= 0.6 is 34.2 Å². The molecule has 0 radical (unpaired) electrons. The molecule has 17 heavy (non-hydrogen) atoms. The molecule has 1 aromatic heterocycles. The van der Waals surface area contributed by atoms with Crippen LogP contribution < -0.4 is 5.56 Å². The molecule has 1 heterocycles. The van der Waals surface area contributed by atoms with Crippen molar-refractivity contribution in [2.45, 2.75) is 6.54 Å². The Hall–Kier alpha value is -0.950. The number of hydrogen-bond acceptors (Lipinski definition) is 2. The summed E-state index contributed by atoms with van der Waals surface area (Å²) in [5.74, 6) is -0.301. The molecule has 0 atom stereocenters. The van der Waals surface area contributed by atoms with Gasteiger partial charge in [-0.2, -0.15) is 0 Å². The molecule has 0 amide bonds. The average Bonchev–Trinajstić information content (AvgIpc) is 2.33. The van der Waals surface area contributed by atoms with Crippen molar-refractivity contribution in [2.75, 3.05) is 0 Å². The minimum absolute atomic E-state index is 0.199. The lowest BCUT2D eigenvalue weighted by Gasteiger charge is -2.06. The topological polar surface area (TPSA) is 34.9 Å². The Kier molecular flexibility index (Phi) is 3.78. The summed E-state index contributed by atoms with van der Waals surface area (Å²) in [5, 5.41) is 0.200. The SMILES string of the molecule is O=c1c(I)c(Cl)ncn1Cc1ccc(F)cc1. The summed E-state index contributed by atoms with van der Waals surface area (Å²) in [5.41, 5.74) is 0.628. The predicted molar refractivity (Wildman–Crippen MR) is 71.7 cm³/mol. The average molecular weight is 365 g/mol. The molecule has 0 bridgehead atoms. The van der Waals surface area contributed by atoms with Crippen molar-refractivity contribution in [3.8, 4) is 0 Å². The summed E-state index contributed by atoms with van der Waals surface area (Å²) >= 11 is 7.58. The Bertz CT molecular complexity index is 597. The van der Waals surface area contributed by atoms with Gasteiger partial charge in [-0.25, -0.2) is 9.37 Å². The van der Waals surface area contributed by atoms with Crippen LogP contribution in [0.3, 0.4) is 0 Å². The Morgan fingerprint density at radius 1 is 1.35 bits per heavy atom. The van der Waals surface area contributed by atoms with Gasteiger partial charge in [-0.05, 0) is 40.3 Å². The molecule has 0 spiro atoms. The summed E-state index contributed by atoms with van der Waals surface area (Å²) in [6.45, 7) is 0.347. The molecule has 1 aromatic carbocycles. The zero-order valence-corrected chi connectivity index (χ0v) is 11.4. The van der Waals surface area contributed by atoms with Crippen LogP contribution in [0.4, 0.5) is 4.39 Å². The van der Waals surface area contributed by atoms with Gasteiger partial charge < -0.3 is 0 Å². The van der Waals surface area contributed by atoms with Crippen LogP contribution in [0.25, 0.3) is 0 Å². The van der Waals surface area contributed by atoms with E-state index in [2.05, 4.69) is 4.98 Å². The Balaban J connectivity index is 2.34. The fourth-order valence-electron chi connectivity index (χ4n) is 1.34. The Labute approximate surface area is 115 Å². The van der Waals surface area contributed by atoms with Gasteiger partial charge in [0.2, 0.25) is 0 Å². The molecule has 6 heteroatoms. The quantitative estimate of drug-likeness (QED) is 0.607. The molecule has 0 N–H and O–H groups in total. The summed E-state index contributed by atoms with van der Waals surface area (Å²) in [4.78, 5) is 15.7. The molecule has 0 saturated carbocycles. The second kappa shape index (κ2) is 5.14. The van der Waals surface area contributed by atoms with E-state index < -0.39 is 0 Å². The van der Waals surface area contributed by atoms with Crippen molar-refractivity contribution >= 4 is 34.2 Å². The number of benzene rings is 1. The molecule has 3 nitrogen and oxygen atoms in total. The van der Waals surface area contributed by atoms with Gasteiger partial charge in [0.15, 0.2) is 0 Å². The van der Waals surface area contributed by atoms with Crippen molar-refractivity contribution in [1.29, 1.82) is 0 Å². The van der Waals surface area contributed by atoms with Crippen molar-refractivity contribution in [3.63, 3.8) is 0 Å². The first kappa shape index (κ1) is 12.5. The van der Waals surface area contributed by atoms with E-state index in [1.165, 1.54) is 23.0 Å². The van der Waals surface area contributed by atoms with Crippen LogP contribution in [0.15, 0.2) is 35.4 Å². The van der Waals surface area contributed by atoms with E-state index >= 15 is 0 Å². The Morgan fingerprint density at radius 3 is 2.65 bits per heavy atom. The fraction of sp³-hybridized carbons (Fsp3) is 0.0909. The minimum atomic E-state index is -0.301. The van der Waals surface area contributed by atoms with Crippen molar-refractivity contribution in [3.05, 3.63) is 61.1 Å². The molecule has 2 aromatic rings. The van der Waals surface area contributed by atoms with Gasteiger partial charge in [-0.15, -0.1) is 0 Å². The van der Waals surface area contributed by atoms with Gasteiger partial charge in [0.25, 0.3) is 5.56 Å². The van der Waals surface area contributed by atoms with E-state index in [1.54, 1.807) is 12.1 Å². The standard InChI is InChI=1S/C11H7ClFIN2O/c12-10-9(14)11(17)16(6-15-10)5-7-1-3-8(13)4-2-7/h1-4,6H,5H2. The van der Waals surface area contributed by atoms with E-state index in [4.69, 9.17) is 11.6 Å². The van der Waals surface area contributed by atoms with E-state index in [9.17, 15) is 9.18 Å². The highest BCUT2D eigenvalue weighted by molar-refractivity contribution is 14.1. The van der Waals surface area contributed by atoms with E-state index in [0.29, 0.717) is 10.1 Å². The Morgan fingerprint density at radius 2 is 2.00 bits per heavy atom. The lowest BCUT2D eigenvalue weighted by molar-refractivity contribution is 0.625. The molecule has 2 rings (SSSR count). The van der Waals surface area contributed by atoms with Crippen LogP contribution in [0.1, 0.15) is 5.56 Å². The highest BCUT2D eigenvalue weighted by atomic mass is 127. The van der Waals surface area contributed by atoms with Crippen molar-refractivity contribution in [1.82, 2.24) is 9.55 Å². The summed E-state index contributed by atoms with van der Waals surface area (Å²) in [7, 11) is 0. The number of aromatic nitrogens is 2. The van der Waals surface area contributed by atoms with Gasteiger partial charge in [-0.3, -0.25) is 9.36 Å². The summed E-state index contributed by atoms with van der Waals surface area (Å²) < 4.78 is 14.5. The molecule has 0 fully saturated rings. The van der Waals surface area contributed by atoms with Crippen LogP contribution in [0, 0.1) is 9.39 Å². The highest BCUT2D eigenvalue weighted by Gasteiger charge is 2.07. The number of nitrogens with zero attached hydrogens (tertiary/aromatic N) is 2. The minimum Gasteiger partial charge on any atom is -0.294 e. The van der Waals surface area contributed by atoms with Gasteiger partial charge in [-0.1, -0.05) is 23.7 Å². The molecule has 0 aliphatic carbocycles. The molecule has 0 aliphatic heterocycles. The molecule has 0 saturated heterocycles. The predicted octanol–water partition coefficient (Wildman–Crippen LogP) is 2.69. The van der Waals surface area contributed by atoms with Gasteiger partial charge in [0.05, 0.1) is 12.9 Å². The van der Waals surface area contributed by atoms with Gasteiger partial charge in [0, 0.05) is 0 Å². The van der Waals surface area contributed by atoms with Crippen LogP contribution in [-0.2, 0) is 6.54 Å². The number of halogens is 3. The van der Waals surface area contributed by atoms with E-state index in [0.717, 1.165) is 5.56 Å². The van der Waals surface area contributed by atoms with Crippen LogP contribution in [-0.4, -0.2) is 9.55 Å². The van der Waals surface area contributed by atoms with Crippen LogP contribution in [0.2, 0.25) is 5.15 Å². The van der Waals surface area contributed by atoms with Crippen molar-refractivity contribution < 1.29 is 4.39 Å². The summed E-state index contributed by atoms with van der Waals surface area (Å²) in [6, 6.07) is 5.97. The zero-order valence-electron chi connectivity index (χ0n) is 8.53. The first-order valence-corrected chi connectivity index (χ1v) is 6.18. The van der Waals surface area contributed by atoms with Crippen molar-refractivity contribution in [2.24, 2.45) is 0 Å². The van der Waals surface area contributed by atoms with Crippen LogP contribution in [0.5, 0.6) is 0 Å². The normalized spacial score (nSPS) is 10.5. The molecule has 88 valence electrons.